The van der Waals surface area contributed by atoms with Crippen LogP contribution in [0.15, 0.2) is 78.9 Å². The van der Waals surface area contributed by atoms with Crippen LogP contribution in [-0.2, 0) is 19.4 Å². The van der Waals surface area contributed by atoms with Crippen LogP contribution in [0.1, 0.15) is 16.7 Å². The van der Waals surface area contributed by atoms with Gasteiger partial charge >= 0.3 is 6.01 Å². The van der Waals surface area contributed by atoms with Crippen LogP contribution in [0.25, 0.3) is 11.3 Å². The molecule has 1 aromatic heterocycles. The molecule has 0 aliphatic heterocycles. The van der Waals surface area contributed by atoms with Crippen LogP contribution in [0.3, 0.4) is 0 Å². The Morgan fingerprint density at radius 1 is 0.750 bits per heavy atom. The quantitative estimate of drug-likeness (QED) is 0.248. The number of nitrogens with one attached hydrogen (secondary N) is 2. The van der Waals surface area contributed by atoms with Gasteiger partial charge in [0.15, 0.2) is 0 Å². The lowest BCUT2D eigenvalue weighted by Crippen LogP contribution is -2.16. The van der Waals surface area contributed by atoms with Gasteiger partial charge in [0.2, 0.25) is 0 Å². The number of hydrogen-bond donors (Lipinski definition) is 3. The Hall–Kier alpha value is -4.10. The van der Waals surface area contributed by atoms with Crippen LogP contribution in [-0.4, -0.2) is 42.4 Å². The Morgan fingerprint density at radius 2 is 1.47 bits per heavy atom. The number of anilines is 1. The fourth-order valence-electron chi connectivity index (χ4n) is 3.85. The molecule has 0 unspecified atom stereocenters. The van der Waals surface area contributed by atoms with Gasteiger partial charge in [-0.2, -0.15) is 9.97 Å². The fraction of sp³-hybridized carbons (Fsp3) is 0.241. The minimum Gasteiger partial charge on any atom is -0.508 e. The van der Waals surface area contributed by atoms with E-state index >= 15 is 0 Å². The topological polar surface area (TPSA) is 88.5 Å². The molecular weight excluding hydrogens is 452 g/mol. The predicted octanol–water partition coefficient (Wildman–Crippen LogP) is 4.85. The first-order valence-corrected chi connectivity index (χ1v) is 12.0. The number of benzene rings is 3. The molecule has 0 saturated heterocycles. The highest BCUT2D eigenvalue weighted by molar-refractivity contribution is 5.63. The van der Waals surface area contributed by atoms with Crippen molar-refractivity contribution >= 4 is 5.82 Å². The third-order valence-corrected chi connectivity index (χ3v) is 5.85. The number of methoxy groups -OCH3 is 2. The Kier molecular flexibility index (Phi) is 8.72. The summed E-state index contributed by atoms with van der Waals surface area (Å²) in [5.74, 6) is 1.87. The smallest absolute Gasteiger partial charge is 0.318 e. The molecule has 3 N–H and O–H groups in total. The van der Waals surface area contributed by atoms with Crippen molar-refractivity contribution in [1.29, 1.82) is 0 Å². The van der Waals surface area contributed by atoms with Crippen LogP contribution in [0.4, 0.5) is 5.82 Å². The third kappa shape index (κ3) is 7.20. The highest BCUT2D eigenvalue weighted by Crippen LogP contribution is 2.23. The molecule has 0 aliphatic carbocycles. The number of aromatic hydroxyl groups is 1. The molecule has 3 aromatic carbocycles. The second-order valence-corrected chi connectivity index (χ2v) is 8.44. The van der Waals surface area contributed by atoms with Crippen LogP contribution in [0, 0.1) is 0 Å². The summed E-state index contributed by atoms with van der Waals surface area (Å²) in [6.07, 6.45) is 1.76. The van der Waals surface area contributed by atoms with E-state index in [0.717, 1.165) is 55.3 Å². The van der Waals surface area contributed by atoms with Gasteiger partial charge in [-0.1, -0.05) is 42.5 Å². The summed E-state index contributed by atoms with van der Waals surface area (Å²) in [6.45, 7) is 2.33. The molecule has 4 aromatic rings. The molecule has 0 saturated carbocycles. The third-order valence-electron chi connectivity index (χ3n) is 5.85. The van der Waals surface area contributed by atoms with Crippen LogP contribution >= 0.6 is 0 Å². The molecule has 186 valence electrons. The zero-order valence-electron chi connectivity index (χ0n) is 20.7. The van der Waals surface area contributed by atoms with Gasteiger partial charge in [0, 0.05) is 24.7 Å². The molecule has 0 bridgehead atoms. The number of nitrogens with zero attached hydrogens (tertiary/aromatic N) is 2. The Balaban J connectivity index is 1.36. The molecular formula is C29H32N4O3. The van der Waals surface area contributed by atoms with Gasteiger partial charge in [0.05, 0.1) is 19.9 Å². The molecule has 0 spiro atoms. The second-order valence-electron chi connectivity index (χ2n) is 8.44. The van der Waals surface area contributed by atoms with E-state index in [9.17, 15) is 5.11 Å². The summed E-state index contributed by atoms with van der Waals surface area (Å²) in [7, 11) is 3.25. The monoisotopic (exact) mass is 484 g/mol. The van der Waals surface area contributed by atoms with Gasteiger partial charge < -0.3 is 25.2 Å². The van der Waals surface area contributed by atoms with Crippen molar-refractivity contribution in [3.8, 4) is 28.8 Å². The number of phenols is 1. The SMILES string of the molecule is COc1ccc(CCNc2cc(-c3cccc(CNCCc4ccc(O)cc4)c3)nc(OC)n2)cc1. The Bertz CT molecular complexity index is 1240. The number of aromatic nitrogens is 2. The van der Waals surface area contributed by atoms with Gasteiger partial charge in [0.1, 0.15) is 17.3 Å². The molecule has 0 fully saturated rings. The summed E-state index contributed by atoms with van der Waals surface area (Å²) in [5, 5.41) is 16.3. The molecule has 0 amide bonds. The Labute approximate surface area is 212 Å². The minimum atomic E-state index is 0.292. The number of phenolic OH excluding ortho intramolecular Hbond substituents is 1. The first kappa shape index (κ1) is 25.0. The van der Waals surface area contributed by atoms with E-state index in [0.29, 0.717) is 11.8 Å². The lowest BCUT2D eigenvalue weighted by atomic mass is 10.1. The van der Waals surface area contributed by atoms with E-state index in [1.165, 1.54) is 16.7 Å². The number of ether oxygens (including phenoxy) is 2. The van der Waals surface area contributed by atoms with Crippen LogP contribution in [0.2, 0.25) is 0 Å². The van der Waals surface area contributed by atoms with Crippen molar-refractivity contribution in [2.75, 3.05) is 32.6 Å². The maximum Gasteiger partial charge on any atom is 0.318 e. The largest absolute Gasteiger partial charge is 0.508 e. The molecule has 0 aliphatic rings. The number of hydrogen-bond acceptors (Lipinski definition) is 7. The minimum absolute atomic E-state index is 0.292. The molecule has 7 heteroatoms. The van der Waals surface area contributed by atoms with Crippen molar-refractivity contribution < 1.29 is 14.6 Å². The van der Waals surface area contributed by atoms with E-state index < -0.39 is 0 Å². The van der Waals surface area contributed by atoms with E-state index in [1.807, 2.05) is 42.5 Å². The molecule has 7 nitrogen and oxygen atoms in total. The maximum atomic E-state index is 9.41. The summed E-state index contributed by atoms with van der Waals surface area (Å²) in [5.41, 5.74) is 5.39. The molecule has 1 heterocycles. The highest BCUT2D eigenvalue weighted by Gasteiger charge is 2.08. The highest BCUT2D eigenvalue weighted by atomic mass is 16.5. The summed E-state index contributed by atoms with van der Waals surface area (Å²) in [6, 6.07) is 26.0. The Morgan fingerprint density at radius 3 is 2.19 bits per heavy atom. The normalized spacial score (nSPS) is 10.7. The lowest BCUT2D eigenvalue weighted by molar-refractivity contribution is 0.381. The van der Waals surface area contributed by atoms with Crippen molar-refractivity contribution in [3.63, 3.8) is 0 Å². The van der Waals surface area contributed by atoms with Gasteiger partial charge in [-0.05, 0) is 66.4 Å². The fourth-order valence-corrected chi connectivity index (χ4v) is 3.85. The van der Waals surface area contributed by atoms with Gasteiger partial charge in [0.25, 0.3) is 0 Å². The van der Waals surface area contributed by atoms with Gasteiger partial charge in [-0.15, -0.1) is 0 Å². The summed E-state index contributed by atoms with van der Waals surface area (Å²) >= 11 is 0. The summed E-state index contributed by atoms with van der Waals surface area (Å²) < 4.78 is 10.6. The van der Waals surface area contributed by atoms with Crippen molar-refractivity contribution in [3.05, 3.63) is 95.6 Å². The molecule has 36 heavy (non-hydrogen) atoms. The van der Waals surface area contributed by atoms with Crippen LogP contribution in [0.5, 0.6) is 17.5 Å². The maximum absolute atomic E-state index is 9.41. The molecule has 4 rings (SSSR count). The second kappa shape index (κ2) is 12.6. The van der Waals surface area contributed by atoms with E-state index in [4.69, 9.17) is 9.47 Å². The van der Waals surface area contributed by atoms with Crippen molar-refractivity contribution in [2.24, 2.45) is 0 Å². The predicted molar refractivity (Wildman–Crippen MR) is 143 cm³/mol. The van der Waals surface area contributed by atoms with Crippen molar-refractivity contribution in [1.82, 2.24) is 15.3 Å². The molecule has 0 atom stereocenters. The van der Waals surface area contributed by atoms with Gasteiger partial charge in [-0.3, -0.25) is 0 Å². The number of rotatable bonds is 12. The van der Waals surface area contributed by atoms with Gasteiger partial charge in [-0.25, -0.2) is 0 Å². The first-order chi connectivity index (χ1) is 17.6. The lowest BCUT2D eigenvalue weighted by Gasteiger charge is -2.11. The van der Waals surface area contributed by atoms with Crippen LogP contribution < -0.4 is 20.1 Å². The molecule has 0 radical (unpaired) electrons. The van der Waals surface area contributed by atoms with Crippen molar-refractivity contribution in [2.45, 2.75) is 19.4 Å². The standard InChI is InChI=1S/C29H32N4O3/c1-35-26-12-8-22(9-13-26)15-17-31-28-19-27(32-29(33-28)36-2)24-5-3-4-23(18-24)20-30-16-14-21-6-10-25(34)11-7-21/h3-13,18-19,30,34H,14-17,20H2,1-2H3,(H,31,32,33). The van der Waals surface area contributed by atoms with E-state index in [-0.39, 0.29) is 0 Å². The van der Waals surface area contributed by atoms with E-state index in [2.05, 4.69) is 44.9 Å². The van der Waals surface area contributed by atoms with E-state index in [1.54, 1.807) is 26.4 Å². The average Bonchev–Trinajstić information content (AvgIpc) is 2.92. The first-order valence-electron chi connectivity index (χ1n) is 12.0. The zero-order chi connectivity index (χ0) is 25.2. The summed E-state index contributed by atoms with van der Waals surface area (Å²) in [4.78, 5) is 9.02. The zero-order valence-corrected chi connectivity index (χ0v) is 20.7. The average molecular weight is 485 g/mol.